The molecule has 0 aliphatic carbocycles. The van der Waals surface area contributed by atoms with Crippen molar-refractivity contribution < 1.29 is 4.39 Å². The van der Waals surface area contributed by atoms with Crippen molar-refractivity contribution in [2.45, 2.75) is 38.0 Å². The Bertz CT molecular complexity index is 291. The van der Waals surface area contributed by atoms with E-state index in [1.165, 1.54) is 11.8 Å². The lowest BCUT2D eigenvalue weighted by atomic mass is 10.4. The monoisotopic (exact) mass is 247 g/mol. The summed E-state index contributed by atoms with van der Waals surface area (Å²) in [7, 11) is 0. The minimum Gasteiger partial charge on any atom is -0.313 e. The quantitative estimate of drug-likeness (QED) is 0.551. The zero-order valence-electron chi connectivity index (χ0n) is 9.69. The Morgan fingerprint density at radius 2 is 2.31 bits per heavy atom. The molecule has 0 unspecified atom stereocenters. The molecule has 1 aromatic heterocycles. The van der Waals surface area contributed by atoms with Crippen LogP contribution in [0.25, 0.3) is 0 Å². The smallest absolute Gasteiger partial charge is 0.209 e. The predicted molar refractivity (Wildman–Crippen MR) is 62.3 cm³/mol. The van der Waals surface area contributed by atoms with E-state index in [0.29, 0.717) is 18.2 Å². The predicted octanol–water partition coefficient (Wildman–Crippen LogP) is 1.12. The Labute approximate surface area is 99.2 Å². The van der Waals surface area contributed by atoms with Gasteiger partial charge in [-0.15, -0.1) is 5.10 Å². The Hall–Kier alpha value is -0.690. The van der Waals surface area contributed by atoms with Crippen molar-refractivity contribution in [2.75, 3.05) is 19.0 Å². The lowest BCUT2D eigenvalue weighted by Crippen LogP contribution is -2.27. The largest absolute Gasteiger partial charge is 0.313 e. The van der Waals surface area contributed by atoms with Crippen LogP contribution < -0.4 is 5.32 Å². The lowest BCUT2D eigenvalue weighted by Gasteiger charge is -2.08. The van der Waals surface area contributed by atoms with Crippen LogP contribution in [-0.2, 0) is 6.54 Å². The fraction of sp³-hybridized carbons (Fsp3) is 0.889. The molecule has 0 atom stereocenters. The van der Waals surface area contributed by atoms with Crippen molar-refractivity contribution in [3.05, 3.63) is 0 Å². The standard InChI is InChI=1S/C9H18FN5S/c1-8(2)11-5-6-15-9(12-13-14-15)16-7-3-4-10/h8,11H,3-7H2,1-2H3. The number of hydrogen-bond donors (Lipinski definition) is 1. The number of halogens is 1. The summed E-state index contributed by atoms with van der Waals surface area (Å²) in [5.74, 6) is 0.717. The van der Waals surface area contributed by atoms with E-state index >= 15 is 0 Å². The second-order valence-corrected chi connectivity index (χ2v) is 4.75. The molecule has 0 fully saturated rings. The second kappa shape index (κ2) is 7.56. The van der Waals surface area contributed by atoms with Gasteiger partial charge in [-0.25, -0.2) is 4.68 Å². The van der Waals surface area contributed by atoms with Crippen molar-refractivity contribution in [2.24, 2.45) is 0 Å². The Morgan fingerprint density at radius 1 is 1.50 bits per heavy atom. The summed E-state index contributed by atoms with van der Waals surface area (Å²) in [5.41, 5.74) is 0. The van der Waals surface area contributed by atoms with Gasteiger partial charge in [-0.1, -0.05) is 25.6 Å². The molecule has 0 radical (unpaired) electrons. The fourth-order valence-electron chi connectivity index (χ4n) is 1.12. The highest BCUT2D eigenvalue weighted by Gasteiger charge is 2.06. The summed E-state index contributed by atoms with van der Waals surface area (Å²) in [6, 6.07) is 0.458. The molecule has 0 spiro atoms. The van der Waals surface area contributed by atoms with Crippen molar-refractivity contribution in [3.8, 4) is 0 Å². The van der Waals surface area contributed by atoms with E-state index in [9.17, 15) is 4.39 Å². The maximum absolute atomic E-state index is 11.9. The first-order valence-electron chi connectivity index (χ1n) is 5.42. The molecule has 0 saturated heterocycles. The third-order valence-electron chi connectivity index (χ3n) is 1.88. The molecule has 16 heavy (non-hydrogen) atoms. The molecular weight excluding hydrogens is 229 g/mol. The number of aromatic nitrogens is 4. The number of thioether (sulfide) groups is 1. The molecule has 0 aliphatic rings. The van der Waals surface area contributed by atoms with Crippen LogP contribution in [0.2, 0.25) is 0 Å². The van der Waals surface area contributed by atoms with Gasteiger partial charge in [0.1, 0.15) is 0 Å². The Balaban J connectivity index is 2.32. The van der Waals surface area contributed by atoms with Crippen LogP contribution in [0.15, 0.2) is 5.16 Å². The highest BCUT2D eigenvalue weighted by Crippen LogP contribution is 2.14. The molecular formula is C9H18FN5S. The molecule has 0 amide bonds. The van der Waals surface area contributed by atoms with Crippen LogP contribution in [0.5, 0.6) is 0 Å². The molecule has 1 rings (SSSR count). The molecule has 0 bridgehead atoms. The van der Waals surface area contributed by atoms with Crippen LogP contribution >= 0.6 is 11.8 Å². The van der Waals surface area contributed by atoms with E-state index < -0.39 is 0 Å². The van der Waals surface area contributed by atoms with Gasteiger partial charge in [-0.2, -0.15) is 0 Å². The maximum atomic E-state index is 11.9. The van der Waals surface area contributed by atoms with Gasteiger partial charge in [-0.3, -0.25) is 4.39 Å². The average molecular weight is 247 g/mol. The molecule has 0 saturated carbocycles. The summed E-state index contributed by atoms with van der Waals surface area (Å²) >= 11 is 1.50. The molecule has 1 aromatic rings. The highest BCUT2D eigenvalue weighted by atomic mass is 32.2. The van der Waals surface area contributed by atoms with Crippen molar-refractivity contribution >= 4 is 11.8 Å². The minimum atomic E-state index is -0.288. The third kappa shape index (κ3) is 4.89. The first-order valence-corrected chi connectivity index (χ1v) is 6.41. The molecule has 0 aromatic carbocycles. The summed E-state index contributed by atoms with van der Waals surface area (Å²) < 4.78 is 13.7. The normalized spacial score (nSPS) is 11.2. The van der Waals surface area contributed by atoms with E-state index in [4.69, 9.17) is 0 Å². The van der Waals surface area contributed by atoms with Gasteiger partial charge in [0, 0.05) is 18.3 Å². The molecule has 92 valence electrons. The Kier molecular flexibility index (Phi) is 6.32. The van der Waals surface area contributed by atoms with Gasteiger partial charge in [-0.05, 0) is 16.8 Å². The highest BCUT2D eigenvalue weighted by molar-refractivity contribution is 7.99. The van der Waals surface area contributed by atoms with Crippen molar-refractivity contribution in [3.63, 3.8) is 0 Å². The molecule has 1 heterocycles. The van der Waals surface area contributed by atoms with Crippen LogP contribution in [-0.4, -0.2) is 45.2 Å². The fourth-order valence-corrected chi connectivity index (χ4v) is 1.92. The van der Waals surface area contributed by atoms with E-state index in [-0.39, 0.29) is 6.67 Å². The van der Waals surface area contributed by atoms with Crippen LogP contribution in [0, 0.1) is 0 Å². The summed E-state index contributed by atoms with van der Waals surface area (Å²) in [4.78, 5) is 0. The first kappa shape index (κ1) is 13.4. The van der Waals surface area contributed by atoms with Gasteiger partial charge in [0.25, 0.3) is 0 Å². The topological polar surface area (TPSA) is 55.6 Å². The minimum absolute atomic E-state index is 0.288. The van der Waals surface area contributed by atoms with Gasteiger partial charge in [0.05, 0.1) is 13.2 Å². The second-order valence-electron chi connectivity index (χ2n) is 3.68. The van der Waals surface area contributed by atoms with Gasteiger partial charge < -0.3 is 5.32 Å². The Morgan fingerprint density at radius 3 is 3.00 bits per heavy atom. The molecule has 0 aliphatic heterocycles. The lowest BCUT2D eigenvalue weighted by molar-refractivity contribution is 0.482. The van der Waals surface area contributed by atoms with Crippen molar-refractivity contribution in [1.29, 1.82) is 0 Å². The number of hydrogen-bond acceptors (Lipinski definition) is 5. The number of rotatable bonds is 8. The van der Waals surface area contributed by atoms with Gasteiger partial charge >= 0.3 is 0 Å². The average Bonchev–Trinajstić information content (AvgIpc) is 2.66. The summed E-state index contributed by atoms with van der Waals surface area (Å²) in [5, 5.41) is 15.5. The van der Waals surface area contributed by atoms with E-state index in [2.05, 4.69) is 34.7 Å². The van der Waals surface area contributed by atoms with E-state index in [1.807, 2.05) is 0 Å². The zero-order valence-corrected chi connectivity index (χ0v) is 10.5. The third-order valence-corrected chi connectivity index (χ3v) is 2.93. The number of alkyl halides is 1. The number of nitrogens with zero attached hydrogens (tertiary/aromatic N) is 4. The maximum Gasteiger partial charge on any atom is 0.209 e. The number of tetrazole rings is 1. The summed E-state index contributed by atoms with van der Waals surface area (Å²) in [6.45, 7) is 5.47. The van der Waals surface area contributed by atoms with E-state index in [1.54, 1.807) is 4.68 Å². The molecule has 5 nitrogen and oxygen atoms in total. The van der Waals surface area contributed by atoms with Crippen LogP contribution in [0.1, 0.15) is 20.3 Å². The zero-order chi connectivity index (χ0) is 11.8. The van der Waals surface area contributed by atoms with Gasteiger partial charge in [0.2, 0.25) is 5.16 Å². The summed E-state index contributed by atoms with van der Waals surface area (Å²) in [6.07, 6.45) is 0.543. The van der Waals surface area contributed by atoms with Crippen molar-refractivity contribution in [1.82, 2.24) is 25.5 Å². The van der Waals surface area contributed by atoms with Crippen LogP contribution in [0.4, 0.5) is 4.39 Å². The molecule has 7 heteroatoms. The number of nitrogens with one attached hydrogen (secondary N) is 1. The van der Waals surface area contributed by atoms with Gasteiger partial charge in [0.15, 0.2) is 0 Å². The SMILES string of the molecule is CC(C)NCCn1nnnc1SCCCF. The first-order chi connectivity index (χ1) is 7.74. The van der Waals surface area contributed by atoms with E-state index in [0.717, 1.165) is 18.2 Å². The molecule has 1 N–H and O–H groups in total. The van der Waals surface area contributed by atoms with Crippen LogP contribution in [0.3, 0.4) is 0 Å².